The van der Waals surface area contributed by atoms with Gasteiger partial charge in [-0.1, -0.05) is 6.07 Å². The highest BCUT2D eigenvalue weighted by Crippen LogP contribution is 2.37. The Morgan fingerprint density at radius 2 is 2.04 bits per heavy atom. The molecule has 2 aromatic rings. The van der Waals surface area contributed by atoms with Crippen LogP contribution in [-0.2, 0) is 11.3 Å². The van der Waals surface area contributed by atoms with Crippen molar-refractivity contribution < 1.29 is 27.4 Å². The first-order valence-electron chi connectivity index (χ1n) is 7.44. The molecule has 0 aromatic carbocycles. The first kappa shape index (κ1) is 20.0. The van der Waals surface area contributed by atoms with Gasteiger partial charge in [-0.3, -0.25) is 4.79 Å². The molecule has 26 heavy (non-hydrogen) atoms. The number of hydrogen-bond donors (Lipinski definition) is 1. The predicted octanol–water partition coefficient (Wildman–Crippen LogP) is 3.04. The molecule has 0 saturated heterocycles. The topological polar surface area (TPSA) is 73.3 Å². The summed E-state index contributed by atoms with van der Waals surface area (Å²) in [6.07, 6.45) is 2.72. The van der Waals surface area contributed by atoms with Crippen LogP contribution in [0.1, 0.15) is 15.9 Å². The lowest BCUT2D eigenvalue weighted by molar-refractivity contribution is -0.0329. The fourth-order valence-electron chi connectivity index (χ4n) is 1.86. The van der Waals surface area contributed by atoms with Gasteiger partial charge in [-0.05, 0) is 17.7 Å². The number of methoxy groups -OCH3 is 1. The minimum Gasteiger partial charge on any atom is -0.475 e. The Kier molecular flexibility index (Phi) is 7.22. The van der Waals surface area contributed by atoms with E-state index in [1.54, 1.807) is 19.2 Å². The van der Waals surface area contributed by atoms with Crippen LogP contribution in [-0.4, -0.2) is 41.7 Å². The molecule has 2 heterocycles. The van der Waals surface area contributed by atoms with Crippen LogP contribution < -0.4 is 10.1 Å². The molecule has 2 rings (SSSR count). The zero-order valence-corrected chi connectivity index (χ0v) is 14.6. The maximum atomic E-state index is 12.5. The Morgan fingerprint density at radius 1 is 1.23 bits per heavy atom. The van der Waals surface area contributed by atoms with Crippen molar-refractivity contribution in [1.82, 2.24) is 15.3 Å². The van der Waals surface area contributed by atoms with E-state index in [0.717, 1.165) is 0 Å². The number of nitrogens with one attached hydrogen (secondary N) is 1. The van der Waals surface area contributed by atoms with E-state index in [0.29, 0.717) is 24.7 Å². The minimum atomic E-state index is -4.52. The molecule has 0 aliphatic heterocycles. The summed E-state index contributed by atoms with van der Waals surface area (Å²) < 4.78 is 47.8. The van der Waals surface area contributed by atoms with Crippen molar-refractivity contribution in [1.29, 1.82) is 0 Å². The third kappa shape index (κ3) is 6.52. The molecule has 0 saturated carbocycles. The number of amides is 1. The lowest BCUT2D eigenvalue weighted by Crippen LogP contribution is -2.24. The van der Waals surface area contributed by atoms with E-state index < -0.39 is 28.2 Å². The second kappa shape index (κ2) is 9.39. The van der Waals surface area contributed by atoms with Crippen LogP contribution in [0.4, 0.5) is 13.2 Å². The van der Waals surface area contributed by atoms with Crippen molar-refractivity contribution >= 4 is 17.7 Å². The van der Waals surface area contributed by atoms with E-state index in [4.69, 9.17) is 9.47 Å². The fraction of sp³-hybridized carbons (Fsp3) is 0.312. The summed E-state index contributed by atoms with van der Waals surface area (Å²) in [5, 5.41) is 2.16. The summed E-state index contributed by atoms with van der Waals surface area (Å²) in [4.78, 5) is 19.9. The number of ether oxygens (including phenoxy) is 2. The minimum absolute atomic E-state index is 0.106. The van der Waals surface area contributed by atoms with Crippen molar-refractivity contribution in [3.63, 3.8) is 0 Å². The SMILES string of the molecule is COCCOc1ccc(CNC(=O)c2cccnc2SC(F)(F)F)cn1. The largest absolute Gasteiger partial charge is 0.475 e. The quantitative estimate of drug-likeness (QED) is 0.554. The molecule has 140 valence electrons. The fourth-order valence-corrected chi connectivity index (χ4v) is 2.47. The van der Waals surface area contributed by atoms with Crippen molar-refractivity contribution in [3.05, 3.63) is 47.8 Å². The van der Waals surface area contributed by atoms with E-state index in [2.05, 4.69) is 15.3 Å². The van der Waals surface area contributed by atoms with E-state index in [1.807, 2.05) is 0 Å². The highest BCUT2D eigenvalue weighted by Gasteiger charge is 2.32. The first-order valence-corrected chi connectivity index (χ1v) is 8.26. The summed E-state index contributed by atoms with van der Waals surface area (Å²) in [5.41, 5.74) is -3.99. The third-order valence-corrected chi connectivity index (χ3v) is 3.77. The number of aromatic nitrogens is 2. The molecule has 0 atom stereocenters. The van der Waals surface area contributed by atoms with Crippen LogP contribution in [0.15, 0.2) is 41.7 Å². The summed E-state index contributed by atoms with van der Waals surface area (Å²) in [5.74, 6) is -0.237. The van der Waals surface area contributed by atoms with Gasteiger partial charge in [0.1, 0.15) is 11.6 Å². The summed E-state index contributed by atoms with van der Waals surface area (Å²) in [7, 11) is 1.56. The van der Waals surface area contributed by atoms with Crippen molar-refractivity contribution in [2.75, 3.05) is 20.3 Å². The number of rotatable bonds is 8. The Hall–Kier alpha value is -2.33. The average Bonchev–Trinajstić information content (AvgIpc) is 2.60. The van der Waals surface area contributed by atoms with Gasteiger partial charge in [-0.2, -0.15) is 13.2 Å². The molecule has 0 radical (unpaired) electrons. The molecule has 0 aliphatic carbocycles. The van der Waals surface area contributed by atoms with Gasteiger partial charge in [-0.25, -0.2) is 9.97 Å². The number of halogens is 3. The maximum Gasteiger partial charge on any atom is 0.447 e. The highest BCUT2D eigenvalue weighted by atomic mass is 32.2. The monoisotopic (exact) mass is 387 g/mol. The first-order chi connectivity index (χ1) is 12.4. The van der Waals surface area contributed by atoms with Crippen LogP contribution in [0.3, 0.4) is 0 Å². The molecular weight excluding hydrogens is 371 g/mol. The molecule has 6 nitrogen and oxygen atoms in total. The average molecular weight is 387 g/mol. The van der Waals surface area contributed by atoms with Crippen molar-refractivity contribution in [2.45, 2.75) is 17.1 Å². The normalized spacial score (nSPS) is 11.2. The van der Waals surface area contributed by atoms with Gasteiger partial charge in [0.15, 0.2) is 0 Å². The van der Waals surface area contributed by atoms with Crippen LogP contribution in [0.25, 0.3) is 0 Å². The van der Waals surface area contributed by atoms with Crippen molar-refractivity contribution in [3.8, 4) is 5.88 Å². The van der Waals surface area contributed by atoms with Crippen molar-refractivity contribution in [2.24, 2.45) is 0 Å². The highest BCUT2D eigenvalue weighted by molar-refractivity contribution is 8.00. The lowest BCUT2D eigenvalue weighted by atomic mass is 10.2. The molecule has 1 N–H and O–H groups in total. The molecule has 0 bridgehead atoms. The van der Waals surface area contributed by atoms with Crippen LogP contribution in [0, 0.1) is 0 Å². The molecule has 2 aromatic heterocycles. The molecule has 0 aliphatic rings. The van der Waals surface area contributed by atoms with E-state index >= 15 is 0 Å². The Balaban J connectivity index is 1.94. The number of carbonyl (C=O) groups excluding carboxylic acids is 1. The van der Waals surface area contributed by atoms with E-state index in [-0.39, 0.29) is 12.1 Å². The number of pyridine rings is 2. The lowest BCUT2D eigenvalue weighted by Gasteiger charge is -2.10. The Labute approximate surface area is 152 Å². The molecule has 1 amide bonds. The van der Waals surface area contributed by atoms with E-state index in [9.17, 15) is 18.0 Å². The molecule has 0 spiro atoms. The third-order valence-electron chi connectivity index (χ3n) is 3.02. The second-order valence-corrected chi connectivity index (χ2v) is 5.99. The second-order valence-electron chi connectivity index (χ2n) is 4.93. The van der Waals surface area contributed by atoms with Crippen LogP contribution in [0.2, 0.25) is 0 Å². The molecule has 0 fully saturated rings. The van der Waals surface area contributed by atoms with Gasteiger partial charge in [0.05, 0.1) is 12.2 Å². The van der Waals surface area contributed by atoms with E-state index in [1.165, 1.54) is 24.5 Å². The molecular formula is C16H16F3N3O3S. The smallest absolute Gasteiger partial charge is 0.447 e. The molecule has 0 unspecified atom stereocenters. The number of nitrogens with zero attached hydrogens (tertiary/aromatic N) is 2. The summed E-state index contributed by atoms with van der Waals surface area (Å²) in [6.45, 7) is 0.901. The van der Waals surface area contributed by atoms with Gasteiger partial charge in [0.2, 0.25) is 5.88 Å². The van der Waals surface area contributed by atoms with Gasteiger partial charge in [-0.15, -0.1) is 0 Å². The van der Waals surface area contributed by atoms with Gasteiger partial charge >= 0.3 is 5.51 Å². The van der Waals surface area contributed by atoms with Crippen LogP contribution >= 0.6 is 11.8 Å². The summed E-state index contributed by atoms with van der Waals surface area (Å²) in [6, 6.07) is 6.03. The standard InChI is InChI=1S/C16H16F3N3O3S/c1-24-7-8-25-13-5-4-11(9-21-13)10-22-14(23)12-3-2-6-20-15(12)26-16(17,18)19/h2-6,9H,7-8,10H2,1H3,(H,22,23). The number of hydrogen-bond acceptors (Lipinski definition) is 6. The number of thioether (sulfide) groups is 1. The van der Waals surface area contributed by atoms with Gasteiger partial charge in [0, 0.05) is 43.9 Å². The Bertz CT molecular complexity index is 727. The van der Waals surface area contributed by atoms with Gasteiger partial charge < -0.3 is 14.8 Å². The number of alkyl halides is 3. The molecule has 10 heteroatoms. The van der Waals surface area contributed by atoms with Crippen LogP contribution in [0.5, 0.6) is 5.88 Å². The predicted molar refractivity (Wildman–Crippen MR) is 88.9 cm³/mol. The summed E-state index contributed by atoms with van der Waals surface area (Å²) >= 11 is -0.422. The van der Waals surface area contributed by atoms with Gasteiger partial charge in [0.25, 0.3) is 5.91 Å². The Morgan fingerprint density at radius 3 is 2.69 bits per heavy atom. The zero-order valence-electron chi connectivity index (χ0n) is 13.7. The maximum absolute atomic E-state index is 12.5. The zero-order chi connectivity index (χ0) is 19.0. The number of carbonyl (C=O) groups is 1.